The van der Waals surface area contributed by atoms with Gasteiger partial charge in [0.05, 0.1) is 18.8 Å². The SMILES string of the molecule is CCCCC/C=C\C=C/CCCCCCCCC(=O)NC(CO)C(O)CCCCCCCCCCCCCCCCCCCCCCCCC. The van der Waals surface area contributed by atoms with Gasteiger partial charge in [-0.2, -0.15) is 0 Å². The maximum Gasteiger partial charge on any atom is 0.220 e. The average Bonchev–Trinajstić information content (AvgIpc) is 3.12. The first-order valence-corrected chi connectivity index (χ1v) is 22.6. The first kappa shape index (κ1) is 48.9. The molecule has 1 amide bonds. The molecule has 0 aromatic rings. The van der Waals surface area contributed by atoms with Gasteiger partial charge in [-0.15, -0.1) is 0 Å². The second-order valence-electron chi connectivity index (χ2n) is 15.5. The zero-order valence-corrected chi connectivity index (χ0v) is 33.9. The van der Waals surface area contributed by atoms with Crippen LogP contribution >= 0.6 is 0 Å². The first-order chi connectivity index (χ1) is 24.7. The van der Waals surface area contributed by atoms with E-state index in [0.717, 1.165) is 32.1 Å². The molecule has 2 unspecified atom stereocenters. The minimum absolute atomic E-state index is 0.0414. The number of aliphatic hydroxyl groups excluding tert-OH is 2. The van der Waals surface area contributed by atoms with E-state index in [1.165, 1.54) is 186 Å². The number of nitrogens with one attached hydrogen (secondary N) is 1. The van der Waals surface area contributed by atoms with Crippen LogP contribution in [0, 0.1) is 0 Å². The molecular weight excluding hydrogens is 615 g/mol. The molecule has 0 aromatic carbocycles. The van der Waals surface area contributed by atoms with Crippen molar-refractivity contribution in [2.24, 2.45) is 0 Å². The summed E-state index contributed by atoms with van der Waals surface area (Å²) >= 11 is 0. The number of hydrogen-bond acceptors (Lipinski definition) is 3. The number of unbranched alkanes of at least 4 members (excludes halogenated alkanes) is 31. The summed E-state index contributed by atoms with van der Waals surface area (Å²) in [6, 6.07) is -0.540. The molecule has 0 saturated heterocycles. The van der Waals surface area contributed by atoms with Crippen molar-refractivity contribution < 1.29 is 15.0 Å². The van der Waals surface area contributed by atoms with Crippen LogP contribution in [0.5, 0.6) is 0 Å². The number of carbonyl (C=O) groups is 1. The highest BCUT2D eigenvalue weighted by Gasteiger charge is 2.20. The lowest BCUT2D eigenvalue weighted by Gasteiger charge is -2.22. The summed E-state index contributed by atoms with van der Waals surface area (Å²) in [5.74, 6) is -0.0414. The van der Waals surface area contributed by atoms with Crippen molar-refractivity contribution in [2.75, 3.05) is 6.61 Å². The number of allylic oxidation sites excluding steroid dienone is 4. The summed E-state index contributed by atoms with van der Waals surface area (Å²) in [6.45, 7) is 4.34. The highest BCUT2D eigenvalue weighted by atomic mass is 16.3. The molecule has 3 N–H and O–H groups in total. The van der Waals surface area contributed by atoms with Crippen molar-refractivity contribution >= 4 is 5.91 Å². The van der Waals surface area contributed by atoms with Crippen molar-refractivity contribution in [1.29, 1.82) is 0 Å². The molecule has 0 bridgehead atoms. The van der Waals surface area contributed by atoms with Crippen LogP contribution in [0.2, 0.25) is 0 Å². The smallest absolute Gasteiger partial charge is 0.220 e. The highest BCUT2D eigenvalue weighted by Crippen LogP contribution is 2.16. The van der Waals surface area contributed by atoms with Crippen molar-refractivity contribution in [3.63, 3.8) is 0 Å². The third-order valence-corrected chi connectivity index (χ3v) is 10.5. The van der Waals surface area contributed by atoms with Crippen LogP contribution in [0.3, 0.4) is 0 Å². The first-order valence-electron chi connectivity index (χ1n) is 22.6. The summed E-state index contributed by atoms with van der Waals surface area (Å²) in [5, 5.41) is 23.2. The van der Waals surface area contributed by atoms with Gasteiger partial charge < -0.3 is 15.5 Å². The molecule has 0 aliphatic carbocycles. The molecule has 4 heteroatoms. The largest absolute Gasteiger partial charge is 0.394 e. The Hall–Kier alpha value is -1.13. The van der Waals surface area contributed by atoms with E-state index in [-0.39, 0.29) is 12.5 Å². The summed E-state index contributed by atoms with van der Waals surface area (Å²) < 4.78 is 0. The van der Waals surface area contributed by atoms with E-state index >= 15 is 0 Å². The van der Waals surface area contributed by atoms with Gasteiger partial charge in [0.25, 0.3) is 0 Å². The topological polar surface area (TPSA) is 69.6 Å². The van der Waals surface area contributed by atoms with E-state index in [4.69, 9.17) is 0 Å². The fourth-order valence-electron chi connectivity index (χ4n) is 7.00. The minimum atomic E-state index is -0.663. The van der Waals surface area contributed by atoms with E-state index in [9.17, 15) is 15.0 Å². The summed E-state index contributed by atoms with van der Waals surface area (Å²) in [7, 11) is 0. The quantitative estimate of drug-likeness (QED) is 0.0438. The van der Waals surface area contributed by atoms with Crippen LogP contribution in [-0.2, 0) is 4.79 Å². The number of rotatable bonds is 41. The molecule has 0 spiro atoms. The Morgan fingerprint density at radius 3 is 1.20 bits per heavy atom. The molecule has 0 aliphatic heterocycles. The molecule has 4 nitrogen and oxygen atoms in total. The molecule has 2 atom stereocenters. The molecule has 0 aromatic heterocycles. The van der Waals surface area contributed by atoms with E-state index in [1.807, 2.05) is 0 Å². The number of hydrogen-bond donors (Lipinski definition) is 3. The lowest BCUT2D eigenvalue weighted by atomic mass is 10.0. The van der Waals surface area contributed by atoms with Gasteiger partial charge in [-0.25, -0.2) is 0 Å². The molecule has 0 rings (SSSR count). The maximum absolute atomic E-state index is 12.4. The Morgan fingerprint density at radius 2 is 0.800 bits per heavy atom. The minimum Gasteiger partial charge on any atom is -0.394 e. The van der Waals surface area contributed by atoms with Gasteiger partial charge in [-0.3, -0.25) is 4.79 Å². The Labute approximate surface area is 313 Å². The maximum atomic E-state index is 12.4. The predicted molar refractivity (Wildman–Crippen MR) is 221 cm³/mol. The van der Waals surface area contributed by atoms with Gasteiger partial charge >= 0.3 is 0 Å². The Kier molecular flexibility index (Phi) is 41.3. The van der Waals surface area contributed by atoms with Crippen LogP contribution in [0.1, 0.15) is 245 Å². The Bertz CT molecular complexity index is 720. The van der Waals surface area contributed by atoms with E-state index in [0.29, 0.717) is 12.8 Å². The molecule has 0 radical (unpaired) electrons. The summed E-state index contributed by atoms with van der Waals surface area (Å²) in [6.07, 6.45) is 54.0. The number of amides is 1. The third-order valence-electron chi connectivity index (χ3n) is 10.5. The second-order valence-corrected chi connectivity index (χ2v) is 15.5. The van der Waals surface area contributed by atoms with Gasteiger partial charge in [0.2, 0.25) is 5.91 Å². The predicted octanol–water partition coefficient (Wildman–Crippen LogP) is 14.0. The molecule has 0 saturated carbocycles. The fraction of sp³-hybridized carbons (Fsp3) is 0.891. The zero-order valence-electron chi connectivity index (χ0n) is 33.9. The van der Waals surface area contributed by atoms with Crippen LogP contribution in [0.15, 0.2) is 24.3 Å². The molecule has 296 valence electrons. The van der Waals surface area contributed by atoms with Crippen molar-refractivity contribution in [1.82, 2.24) is 5.32 Å². The van der Waals surface area contributed by atoms with Gasteiger partial charge in [0.15, 0.2) is 0 Å². The fourth-order valence-corrected chi connectivity index (χ4v) is 7.00. The Morgan fingerprint density at radius 1 is 0.480 bits per heavy atom. The average molecular weight is 704 g/mol. The van der Waals surface area contributed by atoms with Gasteiger partial charge in [-0.1, -0.05) is 224 Å². The summed E-state index contributed by atoms with van der Waals surface area (Å²) in [4.78, 5) is 12.4. The van der Waals surface area contributed by atoms with Gasteiger partial charge in [0, 0.05) is 6.42 Å². The molecular formula is C46H89NO3. The van der Waals surface area contributed by atoms with Crippen molar-refractivity contribution in [3.8, 4) is 0 Å². The molecule has 0 aliphatic rings. The third kappa shape index (κ3) is 38.1. The standard InChI is InChI=1S/C46H89NO3/c1-3-5-7-9-11-13-15-17-19-20-21-22-23-24-25-26-28-29-31-33-35-37-39-41-45(49)44(43-48)47-46(50)42-40-38-36-34-32-30-27-18-16-14-12-10-8-6-4-2/h12,14,16,18,44-45,48-49H,3-11,13,15,17,19-43H2,1-2H3,(H,47,50)/b14-12-,18-16-. The molecule has 0 heterocycles. The van der Waals surface area contributed by atoms with Crippen LogP contribution in [-0.4, -0.2) is 34.9 Å². The molecule has 0 fully saturated rings. The Balaban J connectivity index is 3.49. The summed E-state index contributed by atoms with van der Waals surface area (Å²) in [5.41, 5.74) is 0. The van der Waals surface area contributed by atoms with Crippen LogP contribution < -0.4 is 5.32 Å². The molecule has 50 heavy (non-hydrogen) atoms. The normalized spacial score (nSPS) is 13.1. The van der Waals surface area contributed by atoms with Crippen molar-refractivity contribution in [3.05, 3.63) is 24.3 Å². The van der Waals surface area contributed by atoms with Gasteiger partial charge in [-0.05, 0) is 38.5 Å². The van der Waals surface area contributed by atoms with Crippen LogP contribution in [0.25, 0.3) is 0 Å². The number of aliphatic hydroxyl groups is 2. The van der Waals surface area contributed by atoms with Crippen LogP contribution in [0.4, 0.5) is 0 Å². The second kappa shape index (κ2) is 42.3. The van der Waals surface area contributed by atoms with E-state index in [2.05, 4.69) is 43.5 Å². The highest BCUT2D eigenvalue weighted by molar-refractivity contribution is 5.76. The lowest BCUT2D eigenvalue weighted by molar-refractivity contribution is -0.123. The zero-order chi connectivity index (χ0) is 36.4. The number of carbonyl (C=O) groups excluding carboxylic acids is 1. The van der Waals surface area contributed by atoms with Crippen molar-refractivity contribution in [2.45, 2.75) is 257 Å². The van der Waals surface area contributed by atoms with E-state index in [1.54, 1.807) is 0 Å². The van der Waals surface area contributed by atoms with Gasteiger partial charge in [0.1, 0.15) is 0 Å². The monoisotopic (exact) mass is 704 g/mol. The van der Waals surface area contributed by atoms with E-state index < -0.39 is 12.1 Å². The lowest BCUT2D eigenvalue weighted by Crippen LogP contribution is -2.45.